The predicted octanol–water partition coefficient (Wildman–Crippen LogP) is 2.54. The minimum atomic E-state index is -0.482. The van der Waals surface area contributed by atoms with Crippen molar-refractivity contribution >= 4 is 5.84 Å². The molecule has 1 aliphatic heterocycles. The third-order valence-corrected chi connectivity index (χ3v) is 3.66. The molecule has 1 fully saturated rings. The van der Waals surface area contributed by atoms with Crippen LogP contribution in [0.1, 0.15) is 37.8 Å². The topological polar surface area (TPSA) is 54.3 Å². The summed E-state index contributed by atoms with van der Waals surface area (Å²) >= 11 is 0. The second kappa shape index (κ2) is 4.11. The highest BCUT2D eigenvalue weighted by Gasteiger charge is 2.52. The van der Waals surface area contributed by atoms with Crippen molar-refractivity contribution in [2.75, 3.05) is 13.2 Å². The van der Waals surface area contributed by atoms with Crippen LogP contribution in [0.5, 0.6) is 11.5 Å². The van der Waals surface area contributed by atoms with Gasteiger partial charge in [-0.2, -0.15) is 0 Å². The first-order valence-electron chi connectivity index (χ1n) is 6.62. The number of nitrogens with one attached hydrogen (secondary N) is 2. The minimum Gasteiger partial charge on any atom is -0.490 e. The van der Waals surface area contributed by atoms with E-state index in [9.17, 15) is 4.39 Å². The molecule has 5 heteroatoms. The molecule has 0 aromatic heterocycles. The zero-order valence-corrected chi connectivity index (χ0v) is 11.1. The van der Waals surface area contributed by atoms with E-state index in [-0.39, 0.29) is 17.1 Å². The molecule has 2 aliphatic rings. The van der Waals surface area contributed by atoms with Crippen molar-refractivity contribution in [3.8, 4) is 11.5 Å². The SMILES string of the molecule is CCOc1cc2c(c(F)c1OCC)C(=N)NC21CC1. The fraction of sp³-hybridized carbons (Fsp3) is 0.500. The Kier molecular flexibility index (Phi) is 2.66. The van der Waals surface area contributed by atoms with E-state index < -0.39 is 5.82 Å². The van der Waals surface area contributed by atoms with Crippen LogP contribution in [0.15, 0.2) is 6.07 Å². The maximum Gasteiger partial charge on any atom is 0.197 e. The van der Waals surface area contributed by atoms with Gasteiger partial charge in [0.2, 0.25) is 0 Å². The van der Waals surface area contributed by atoms with Crippen molar-refractivity contribution in [3.63, 3.8) is 0 Å². The Morgan fingerprint density at radius 2 is 2.00 bits per heavy atom. The summed E-state index contributed by atoms with van der Waals surface area (Å²) in [4.78, 5) is 0. The number of rotatable bonds is 4. The Hall–Kier alpha value is -1.78. The van der Waals surface area contributed by atoms with E-state index in [1.165, 1.54) is 0 Å². The zero-order chi connectivity index (χ0) is 13.6. The van der Waals surface area contributed by atoms with Crippen molar-refractivity contribution in [3.05, 3.63) is 23.0 Å². The van der Waals surface area contributed by atoms with Crippen LogP contribution < -0.4 is 14.8 Å². The van der Waals surface area contributed by atoms with E-state index in [4.69, 9.17) is 14.9 Å². The second-order valence-corrected chi connectivity index (χ2v) is 4.89. The molecule has 0 unspecified atom stereocenters. The fourth-order valence-corrected chi connectivity index (χ4v) is 2.66. The van der Waals surface area contributed by atoms with Crippen LogP contribution in [0.2, 0.25) is 0 Å². The first kappa shape index (κ1) is 12.3. The number of amidine groups is 1. The van der Waals surface area contributed by atoms with Gasteiger partial charge in [0, 0.05) is 0 Å². The van der Waals surface area contributed by atoms with Crippen LogP contribution in [0.25, 0.3) is 0 Å². The lowest BCUT2D eigenvalue weighted by Gasteiger charge is -2.15. The molecule has 0 saturated heterocycles. The minimum absolute atomic E-state index is 0.118. The number of halogens is 1. The predicted molar refractivity (Wildman–Crippen MR) is 69.6 cm³/mol. The van der Waals surface area contributed by atoms with Crippen LogP contribution in [0, 0.1) is 11.2 Å². The fourth-order valence-electron chi connectivity index (χ4n) is 2.66. The standard InChI is InChI=1S/C14H17FN2O2/c1-3-18-9-7-8-10(11(15)12(9)19-4-2)13(16)17-14(8)5-6-14/h7H,3-6H2,1-2H3,(H2,16,17). The molecular weight excluding hydrogens is 247 g/mol. The van der Waals surface area contributed by atoms with Crippen LogP contribution in [0.3, 0.4) is 0 Å². The Labute approximate surface area is 111 Å². The molecule has 1 spiro atoms. The van der Waals surface area contributed by atoms with Gasteiger partial charge in [-0.1, -0.05) is 0 Å². The van der Waals surface area contributed by atoms with Crippen molar-refractivity contribution < 1.29 is 13.9 Å². The highest BCUT2D eigenvalue weighted by atomic mass is 19.1. The van der Waals surface area contributed by atoms with Crippen LogP contribution in [-0.4, -0.2) is 19.0 Å². The molecule has 1 aliphatic carbocycles. The van der Waals surface area contributed by atoms with Crippen LogP contribution >= 0.6 is 0 Å². The Bertz CT molecular complexity index is 553. The number of fused-ring (bicyclic) bond motifs is 2. The summed E-state index contributed by atoms with van der Waals surface area (Å²) in [6.07, 6.45) is 1.86. The Morgan fingerprint density at radius 3 is 2.58 bits per heavy atom. The summed E-state index contributed by atoms with van der Waals surface area (Å²) in [5, 5.41) is 11.0. The van der Waals surface area contributed by atoms with Crippen molar-refractivity contribution in [2.45, 2.75) is 32.2 Å². The van der Waals surface area contributed by atoms with Gasteiger partial charge in [0.15, 0.2) is 17.3 Å². The molecule has 0 radical (unpaired) electrons. The summed E-state index contributed by atoms with van der Waals surface area (Å²) in [7, 11) is 0. The van der Waals surface area contributed by atoms with E-state index >= 15 is 0 Å². The highest BCUT2D eigenvalue weighted by Crippen LogP contribution is 2.53. The van der Waals surface area contributed by atoms with Crippen molar-refractivity contribution in [2.24, 2.45) is 0 Å². The monoisotopic (exact) mass is 264 g/mol. The maximum absolute atomic E-state index is 14.6. The van der Waals surface area contributed by atoms with E-state index in [0.717, 1.165) is 18.4 Å². The Balaban J connectivity index is 2.17. The molecule has 3 rings (SSSR count). The summed E-state index contributed by atoms with van der Waals surface area (Å²) in [6.45, 7) is 4.47. The van der Waals surface area contributed by atoms with Gasteiger partial charge in [-0.25, -0.2) is 4.39 Å². The number of ether oxygens (including phenoxy) is 2. The molecule has 1 aromatic carbocycles. The molecule has 1 heterocycles. The molecule has 0 bridgehead atoms. The van der Waals surface area contributed by atoms with E-state index in [1.54, 1.807) is 6.92 Å². The van der Waals surface area contributed by atoms with Gasteiger partial charge in [0.25, 0.3) is 0 Å². The van der Waals surface area contributed by atoms with E-state index in [0.29, 0.717) is 24.5 Å². The lowest BCUT2D eigenvalue weighted by molar-refractivity contribution is 0.275. The lowest BCUT2D eigenvalue weighted by atomic mass is 10.0. The van der Waals surface area contributed by atoms with Gasteiger partial charge < -0.3 is 14.8 Å². The van der Waals surface area contributed by atoms with Crippen molar-refractivity contribution in [1.29, 1.82) is 5.41 Å². The molecular formula is C14H17FN2O2. The summed E-state index contributed by atoms with van der Waals surface area (Å²) < 4.78 is 25.4. The molecule has 1 aromatic rings. The highest BCUT2D eigenvalue weighted by molar-refractivity contribution is 6.03. The van der Waals surface area contributed by atoms with Crippen molar-refractivity contribution in [1.82, 2.24) is 5.32 Å². The lowest BCUT2D eigenvalue weighted by Crippen LogP contribution is -2.25. The normalized spacial score (nSPS) is 18.2. The van der Waals surface area contributed by atoms with Gasteiger partial charge in [-0.15, -0.1) is 0 Å². The van der Waals surface area contributed by atoms with Crippen LogP contribution in [-0.2, 0) is 5.54 Å². The number of hydrogen-bond donors (Lipinski definition) is 2. The number of benzene rings is 1. The third-order valence-electron chi connectivity index (χ3n) is 3.66. The molecule has 1 saturated carbocycles. The Morgan fingerprint density at radius 1 is 1.32 bits per heavy atom. The summed E-state index contributed by atoms with van der Waals surface area (Å²) in [6, 6.07) is 1.83. The van der Waals surface area contributed by atoms with Gasteiger partial charge in [-0.05, 0) is 38.3 Å². The molecule has 4 nitrogen and oxygen atoms in total. The smallest absolute Gasteiger partial charge is 0.197 e. The van der Waals surface area contributed by atoms with Gasteiger partial charge in [-0.3, -0.25) is 5.41 Å². The average molecular weight is 264 g/mol. The van der Waals surface area contributed by atoms with E-state index in [1.807, 2.05) is 13.0 Å². The maximum atomic E-state index is 14.6. The summed E-state index contributed by atoms with van der Waals surface area (Å²) in [5.74, 6) is 0.216. The van der Waals surface area contributed by atoms with Gasteiger partial charge >= 0.3 is 0 Å². The molecule has 19 heavy (non-hydrogen) atoms. The molecule has 0 atom stereocenters. The number of hydrogen-bond acceptors (Lipinski definition) is 3. The largest absolute Gasteiger partial charge is 0.490 e. The van der Waals surface area contributed by atoms with Gasteiger partial charge in [0.05, 0.1) is 24.3 Å². The third kappa shape index (κ3) is 1.68. The average Bonchev–Trinajstić information content (AvgIpc) is 3.07. The van der Waals surface area contributed by atoms with Crippen LogP contribution in [0.4, 0.5) is 4.39 Å². The zero-order valence-electron chi connectivity index (χ0n) is 11.1. The molecule has 102 valence electrons. The first-order valence-corrected chi connectivity index (χ1v) is 6.62. The first-order chi connectivity index (χ1) is 9.13. The van der Waals surface area contributed by atoms with Gasteiger partial charge in [0.1, 0.15) is 5.84 Å². The quantitative estimate of drug-likeness (QED) is 0.878. The summed E-state index contributed by atoms with van der Waals surface area (Å²) in [5.41, 5.74) is 0.940. The molecule has 0 amide bonds. The second-order valence-electron chi connectivity index (χ2n) is 4.89. The van der Waals surface area contributed by atoms with E-state index in [2.05, 4.69) is 5.32 Å². The molecule has 2 N–H and O–H groups in total.